The van der Waals surface area contributed by atoms with E-state index >= 15 is 4.39 Å². The van der Waals surface area contributed by atoms with Gasteiger partial charge in [0.15, 0.2) is 24.0 Å². The van der Waals surface area contributed by atoms with Crippen LogP contribution in [0.4, 0.5) is 4.39 Å². The van der Waals surface area contributed by atoms with Crippen molar-refractivity contribution in [1.82, 2.24) is 15.1 Å². The van der Waals surface area contributed by atoms with Crippen molar-refractivity contribution < 1.29 is 72.7 Å². The number of aliphatic hydroxyl groups excluding tert-OH is 3. The number of esters is 1. The van der Waals surface area contributed by atoms with Gasteiger partial charge in [0.2, 0.25) is 5.91 Å². The Labute approximate surface area is 477 Å². The van der Waals surface area contributed by atoms with Crippen LogP contribution in [0, 0.1) is 58.2 Å². The molecule has 3 aliphatic heterocycles. The molecule has 1 amide bonds. The highest BCUT2D eigenvalue weighted by atomic mass is 19.1. The molecule has 0 radical (unpaired) electrons. The van der Waals surface area contributed by atoms with Crippen molar-refractivity contribution in [2.24, 2.45) is 58.2 Å². The number of methoxy groups -OCH3 is 1. The van der Waals surface area contributed by atoms with Gasteiger partial charge in [-0.2, -0.15) is 0 Å². The molecular weight excluding hydrogens is 1030 g/mol. The summed E-state index contributed by atoms with van der Waals surface area (Å²) in [5, 5.41) is 64.9. The van der Waals surface area contributed by atoms with E-state index in [-0.39, 0.29) is 79.4 Å². The second-order valence-corrected chi connectivity index (χ2v) is 27.8. The first kappa shape index (κ1) is 65.1. The number of halogens is 1. The molecule has 4 aliphatic carbocycles. The maximum Gasteiger partial charge on any atom is 0.311 e. The highest BCUT2D eigenvalue weighted by Gasteiger charge is 2.72. The van der Waals surface area contributed by atoms with Crippen LogP contribution in [0.2, 0.25) is 0 Å². The van der Waals surface area contributed by atoms with Crippen molar-refractivity contribution in [3.63, 3.8) is 0 Å². The third-order valence-electron chi connectivity index (χ3n) is 21.8. The standard InChI is InChI=1S/C62H104FN3O14/c1-18-47-61(14,74)52(70)39(8)66(25-19-24-64-54(71)49-34(3)26-44-43-21-20-41-28-42(67)22-23-58(41,11)62(43,63)46(68)30-57(44,49)10)32-33(2)29-59(12,73)53(80-56-50(69)45(65(15)16)27-35(4)76-56)36(5)51(37(6)55(72)78-47)79-48-31-60(13,75-17)38(7)40(9)77-48/h22-23,28,33-40,43-53,56,68-70,73-74H,18-21,24-27,29-32H2,1-17H3,(H,64,71)/t33-,34-,35?,36+,37-,38-,39-,40?,43?,44?,45-,46+,47-,48?,49-,50-,51+,52-,53-,56?,57+,58+,59-,60+,61-,62+/m1/s1. The maximum absolute atomic E-state index is 17.9. The number of carbonyl (C=O) groups is 3. The number of nitrogens with one attached hydrogen (secondary N) is 1. The number of ketones is 1. The quantitative estimate of drug-likeness (QED) is 0.0934. The lowest BCUT2D eigenvalue weighted by molar-refractivity contribution is -0.313. The smallest absolute Gasteiger partial charge is 0.311 e. The number of allylic oxidation sites excluding steroid dienone is 4. The molecule has 0 bridgehead atoms. The van der Waals surface area contributed by atoms with Crippen LogP contribution in [0.25, 0.3) is 0 Å². The first-order chi connectivity index (χ1) is 37.1. The van der Waals surface area contributed by atoms with E-state index in [1.165, 1.54) is 19.1 Å². The Hall–Kier alpha value is -2.46. The molecule has 7 aliphatic rings. The van der Waals surface area contributed by atoms with E-state index in [1.54, 1.807) is 40.9 Å². The molecule has 458 valence electrons. The Kier molecular flexibility index (Phi) is 19.9. The molecule has 0 aromatic carbocycles. The minimum atomic E-state index is -1.99. The summed E-state index contributed by atoms with van der Waals surface area (Å²) in [5.41, 5.74) is -7.33. The molecule has 6 unspecified atom stereocenters. The molecule has 80 heavy (non-hydrogen) atoms. The van der Waals surface area contributed by atoms with Gasteiger partial charge < -0.3 is 64.2 Å². The molecule has 3 saturated carbocycles. The van der Waals surface area contributed by atoms with Crippen LogP contribution in [0.1, 0.15) is 155 Å². The molecule has 18 heteroatoms. The Bertz CT molecular complexity index is 2250. The van der Waals surface area contributed by atoms with Crippen LogP contribution in [0.3, 0.4) is 0 Å². The lowest BCUT2D eigenvalue weighted by Crippen LogP contribution is -2.67. The molecule has 7 rings (SSSR count). The first-order valence-corrected chi connectivity index (χ1v) is 30.3. The van der Waals surface area contributed by atoms with Crippen LogP contribution in [0.5, 0.6) is 0 Å². The Morgan fingerprint density at radius 3 is 2.24 bits per heavy atom. The van der Waals surface area contributed by atoms with Gasteiger partial charge in [-0.05, 0) is 156 Å². The molecule has 0 aromatic rings. The fourth-order valence-electron chi connectivity index (χ4n) is 16.8. The minimum Gasteiger partial charge on any atom is -0.459 e. The number of aliphatic hydroxyl groups is 5. The van der Waals surface area contributed by atoms with Crippen LogP contribution >= 0.6 is 0 Å². The molecule has 3 heterocycles. The number of alkyl halides is 1. The van der Waals surface area contributed by atoms with Crippen LogP contribution in [-0.4, -0.2) is 190 Å². The SMILES string of the molecule is CC[C@H]1OC(=O)[C@H](C)[C@@H](OC2C[C@](C)(OC)[C@H](C)C(C)O2)[C@H](C)[C@@H](OC2OC(C)C[C@@H](N(C)C)[C@H]2O)[C@](C)(O)C[C@@H](C)CN(CCCNC(=O)[C@H]2[C@H](C)CC3C4CCC5=CC(=O)C=C[C@]5(C)[C@@]4(F)[C@@H](O)C[C@@]32C)[C@H](C)[C@@H](O)[C@]1(C)O. The van der Waals surface area contributed by atoms with E-state index in [2.05, 4.69) is 12.2 Å². The number of likely N-dealkylation sites (N-methyl/N-ethyl adjacent to an activating group) is 1. The summed E-state index contributed by atoms with van der Waals surface area (Å²) < 4.78 is 56.9. The molecule has 0 aromatic heterocycles. The third-order valence-corrected chi connectivity index (χ3v) is 21.8. The zero-order valence-electron chi connectivity index (χ0n) is 51.4. The van der Waals surface area contributed by atoms with E-state index in [9.17, 15) is 39.9 Å². The number of rotatable bonds is 12. The van der Waals surface area contributed by atoms with Gasteiger partial charge in [-0.25, -0.2) is 4.39 Å². The number of ether oxygens (including phenoxy) is 6. The molecule has 0 spiro atoms. The highest BCUT2D eigenvalue weighted by molar-refractivity contribution is 6.01. The first-order valence-electron chi connectivity index (χ1n) is 30.3. The maximum atomic E-state index is 17.9. The van der Waals surface area contributed by atoms with Crippen molar-refractivity contribution in [1.29, 1.82) is 0 Å². The van der Waals surface area contributed by atoms with Gasteiger partial charge in [0.25, 0.3) is 0 Å². The largest absolute Gasteiger partial charge is 0.459 e. The van der Waals surface area contributed by atoms with Gasteiger partial charge in [-0.1, -0.05) is 53.2 Å². The van der Waals surface area contributed by atoms with E-state index in [1.807, 2.05) is 79.3 Å². The van der Waals surface area contributed by atoms with Gasteiger partial charge >= 0.3 is 5.97 Å². The Morgan fingerprint density at radius 1 is 0.925 bits per heavy atom. The number of amides is 1. The van der Waals surface area contributed by atoms with Crippen molar-refractivity contribution >= 4 is 17.7 Å². The topological polar surface area (TPSA) is 226 Å². The Morgan fingerprint density at radius 2 is 1.60 bits per heavy atom. The monoisotopic (exact) mass is 1130 g/mol. The molecule has 17 nitrogen and oxygen atoms in total. The summed E-state index contributed by atoms with van der Waals surface area (Å²) in [4.78, 5) is 45.7. The normalized spacial score (nSPS) is 49.9. The molecular formula is C62H104FN3O14. The predicted molar refractivity (Wildman–Crippen MR) is 300 cm³/mol. The molecule has 6 N–H and O–H groups in total. The molecule has 6 fully saturated rings. The number of carbonyl (C=O) groups excluding carboxylic acids is 3. The summed E-state index contributed by atoms with van der Waals surface area (Å²) in [7, 11) is 5.43. The summed E-state index contributed by atoms with van der Waals surface area (Å²) in [6.07, 6.45) is -1.82. The average molecular weight is 1130 g/mol. The van der Waals surface area contributed by atoms with Crippen molar-refractivity contribution in [3.05, 3.63) is 23.8 Å². The van der Waals surface area contributed by atoms with Crippen molar-refractivity contribution in [3.8, 4) is 0 Å². The molecule has 3 saturated heterocycles. The average Bonchev–Trinajstić information content (AvgIpc) is 3.64. The molecule has 26 atom stereocenters. The summed E-state index contributed by atoms with van der Waals surface area (Å²) in [6.45, 7) is 27.0. The summed E-state index contributed by atoms with van der Waals surface area (Å²) >= 11 is 0. The lowest BCUT2D eigenvalue weighted by atomic mass is 9.45. The van der Waals surface area contributed by atoms with E-state index in [4.69, 9.17) is 28.4 Å². The third kappa shape index (κ3) is 12.1. The number of fused-ring (bicyclic) bond motifs is 5. The minimum absolute atomic E-state index is 0.00114. The lowest BCUT2D eigenvalue weighted by Gasteiger charge is -2.61. The van der Waals surface area contributed by atoms with Crippen LogP contribution in [-0.2, 0) is 42.8 Å². The van der Waals surface area contributed by atoms with Crippen molar-refractivity contribution in [2.75, 3.05) is 40.8 Å². The fraction of sp³-hybridized carbons (Fsp3) is 0.887. The van der Waals surface area contributed by atoms with E-state index in [0.29, 0.717) is 51.6 Å². The number of cyclic esters (lactones) is 1. The summed E-state index contributed by atoms with van der Waals surface area (Å²) in [6, 6.07) is -1.05. The van der Waals surface area contributed by atoms with Gasteiger partial charge in [-0.3, -0.25) is 19.3 Å². The highest BCUT2D eigenvalue weighted by Crippen LogP contribution is 2.69. The summed E-state index contributed by atoms with van der Waals surface area (Å²) in [5.74, 6) is -4.39. The second kappa shape index (κ2) is 24.5. The van der Waals surface area contributed by atoms with E-state index < -0.39 is 118 Å². The van der Waals surface area contributed by atoms with Gasteiger partial charge in [0.1, 0.15) is 23.9 Å². The second-order valence-electron chi connectivity index (χ2n) is 27.8. The van der Waals surface area contributed by atoms with Gasteiger partial charge in [0.05, 0.1) is 47.6 Å². The van der Waals surface area contributed by atoms with E-state index in [0.717, 1.165) is 5.57 Å². The number of hydrogen-bond donors (Lipinski definition) is 6. The van der Waals surface area contributed by atoms with Gasteiger partial charge in [-0.15, -0.1) is 0 Å². The fourth-order valence-corrected chi connectivity index (χ4v) is 16.8. The van der Waals surface area contributed by atoms with Crippen LogP contribution < -0.4 is 5.32 Å². The van der Waals surface area contributed by atoms with Crippen molar-refractivity contribution in [2.45, 2.75) is 251 Å². The zero-order valence-corrected chi connectivity index (χ0v) is 51.4. The number of nitrogens with zero attached hydrogens (tertiary/aromatic N) is 2. The zero-order chi connectivity index (χ0) is 59.6. The van der Waals surface area contributed by atoms with Gasteiger partial charge in [0, 0.05) is 74.3 Å². The predicted octanol–water partition coefficient (Wildman–Crippen LogP) is 6.29. The Balaban J connectivity index is 1.15. The van der Waals surface area contributed by atoms with Crippen LogP contribution in [0.15, 0.2) is 23.8 Å². The number of hydrogen-bond acceptors (Lipinski definition) is 16.